The molecule has 0 bridgehead atoms. The molecule has 92 valence electrons. The van der Waals surface area contributed by atoms with Crippen molar-refractivity contribution in [3.63, 3.8) is 0 Å². The van der Waals surface area contributed by atoms with Crippen LogP contribution >= 0.6 is 11.6 Å². The highest BCUT2D eigenvalue weighted by Gasteiger charge is 2.31. The number of carbonyl (C=O) groups excluding carboxylic acids is 1. The Bertz CT molecular complexity index is 292. The number of nitrogens with zero attached hydrogens (tertiary/aromatic N) is 1. The molecule has 0 aromatic heterocycles. The van der Waals surface area contributed by atoms with Crippen LogP contribution in [0, 0.1) is 0 Å². The van der Waals surface area contributed by atoms with Crippen molar-refractivity contribution >= 4 is 17.6 Å². The lowest BCUT2D eigenvalue weighted by Gasteiger charge is -2.21. The summed E-state index contributed by atoms with van der Waals surface area (Å²) in [5, 5.41) is 3.55. The van der Waals surface area contributed by atoms with Crippen LogP contribution < -0.4 is 5.32 Å². The van der Waals surface area contributed by atoms with Gasteiger partial charge in [-0.05, 0) is 19.8 Å². The first-order chi connectivity index (χ1) is 7.61. The minimum atomic E-state index is -0.377. The predicted molar refractivity (Wildman–Crippen MR) is 63.7 cm³/mol. The van der Waals surface area contributed by atoms with Crippen LogP contribution in [0.4, 0.5) is 0 Å². The van der Waals surface area contributed by atoms with Crippen molar-refractivity contribution in [2.45, 2.75) is 39.3 Å². The Morgan fingerprint density at radius 3 is 2.81 bits per heavy atom. The van der Waals surface area contributed by atoms with Gasteiger partial charge in [0.15, 0.2) is 5.70 Å². The lowest BCUT2D eigenvalue weighted by atomic mass is 10.2. The van der Waals surface area contributed by atoms with Gasteiger partial charge in [-0.25, -0.2) is 4.79 Å². The van der Waals surface area contributed by atoms with E-state index in [-0.39, 0.29) is 12.1 Å². The van der Waals surface area contributed by atoms with E-state index in [1.165, 1.54) is 0 Å². The highest BCUT2D eigenvalue weighted by atomic mass is 35.5. The summed E-state index contributed by atoms with van der Waals surface area (Å²) in [5.74, 6) is -0.377. The van der Waals surface area contributed by atoms with Crippen molar-refractivity contribution in [3.8, 4) is 0 Å². The largest absolute Gasteiger partial charge is 0.461 e. The van der Waals surface area contributed by atoms with E-state index >= 15 is 0 Å². The fourth-order valence-corrected chi connectivity index (χ4v) is 1.90. The maximum atomic E-state index is 11.6. The second-order valence-corrected chi connectivity index (χ2v) is 4.16. The minimum absolute atomic E-state index is 0.104. The molecule has 0 saturated carbocycles. The van der Waals surface area contributed by atoms with Gasteiger partial charge >= 0.3 is 5.97 Å². The summed E-state index contributed by atoms with van der Waals surface area (Å²) in [5.41, 5.74) is 0.382. The van der Waals surface area contributed by atoms with Crippen LogP contribution in [0.5, 0.6) is 0 Å². The summed E-state index contributed by atoms with van der Waals surface area (Å²) in [4.78, 5) is 13.4. The molecule has 1 aliphatic rings. The van der Waals surface area contributed by atoms with Gasteiger partial charge in [0.25, 0.3) is 0 Å². The average molecular weight is 247 g/mol. The second-order valence-electron chi connectivity index (χ2n) is 3.80. The molecule has 0 radical (unpaired) electrons. The second kappa shape index (κ2) is 5.99. The fraction of sp³-hybridized carbons (Fsp3) is 0.727. The highest BCUT2D eigenvalue weighted by Crippen LogP contribution is 2.24. The Kier molecular flexibility index (Phi) is 4.93. The topological polar surface area (TPSA) is 41.6 Å². The molecule has 0 saturated heterocycles. The normalized spacial score (nSPS) is 20.0. The lowest BCUT2D eigenvalue weighted by molar-refractivity contribution is -0.138. The van der Waals surface area contributed by atoms with Gasteiger partial charge in [-0.1, -0.05) is 24.9 Å². The maximum absolute atomic E-state index is 11.6. The van der Waals surface area contributed by atoms with Crippen molar-refractivity contribution < 1.29 is 9.53 Å². The van der Waals surface area contributed by atoms with Crippen LogP contribution in [0.25, 0.3) is 0 Å². The van der Waals surface area contributed by atoms with Gasteiger partial charge < -0.3 is 15.0 Å². The predicted octanol–water partition coefficient (Wildman–Crippen LogP) is 2.01. The Hall–Kier alpha value is -0.900. The van der Waals surface area contributed by atoms with E-state index in [1.54, 1.807) is 6.92 Å². The third kappa shape index (κ3) is 2.82. The smallest absolute Gasteiger partial charge is 0.357 e. The zero-order valence-corrected chi connectivity index (χ0v) is 10.8. The SMILES string of the molecule is CCCCC1NC(C(=O)OCC)=C(Cl)N1C. The molecular formula is C11H19ClN2O2. The van der Waals surface area contributed by atoms with E-state index in [0.29, 0.717) is 17.5 Å². The zero-order valence-electron chi connectivity index (χ0n) is 10.0. The lowest BCUT2D eigenvalue weighted by Crippen LogP contribution is -2.35. The van der Waals surface area contributed by atoms with Gasteiger partial charge in [-0.3, -0.25) is 0 Å². The number of unbranched alkanes of at least 4 members (excludes halogenated alkanes) is 1. The van der Waals surface area contributed by atoms with Crippen LogP contribution in [0.1, 0.15) is 33.1 Å². The molecule has 0 aromatic carbocycles. The zero-order chi connectivity index (χ0) is 12.1. The average Bonchev–Trinajstić information content (AvgIpc) is 2.54. The minimum Gasteiger partial charge on any atom is -0.461 e. The fourth-order valence-electron chi connectivity index (χ4n) is 1.65. The number of esters is 1. The maximum Gasteiger partial charge on any atom is 0.357 e. The molecule has 0 aromatic rings. The van der Waals surface area contributed by atoms with E-state index in [4.69, 9.17) is 16.3 Å². The van der Waals surface area contributed by atoms with E-state index in [9.17, 15) is 4.79 Å². The van der Waals surface area contributed by atoms with Crippen molar-refractivity contribution in [3.05, 3.63) is 10.9 Å². The number of carbonyl (C=O) groups is 1. The number of ether oxygens (including phenoxy) is 1. The quantitative estimate of drug-likeness (QED) is 0.595. The van der Waals surface area contributed by atoms with Crippen LogP contribution in [0.2, 0.25) is 0 Å². The summed E-state index contributed by atoms with van der Waals surface area (Å²) >= 11 is 6.08. The Balaban J connectivity index is 2.62. The molecule has 16 heavy (non-hydrogen) atoms. The first kappa shape index (κ1) is 13.2. The summed E-state index contributed by atoms with van der Waals surface area (Å²) in [7, 11) is 1.88. The van der Waals surface area contributed by atoms with Gasteiger partial charge in [0, 0.05) is 7.05 Å². The number of hydrogen-bond acceptors (Lipinski definition) is 4. The van der Waals surface area contributed by atoms with Gasteiger partial charge in [0.05, 0.1) is 12.8 Å². The molecule has 0 aliphatic carbocycles. The van der Waals surface area contributed by atoms with Crippen molar-refractivity contribution in [2.24, 2.45) is 0 Å². The van der Waals surface area contributed by atoms with Crippen molar-refractivity contribution in [1.29, 1.82) is 0 Å². The molecule has 1 unspecified atom stereocenters. The molecule has 1 aliphatic heterocycles. The van der Waals surface area contributed by atoms with Crippen molar-refractivity contribution in [2.75, 3.05) is 13.7 Å². The number of halogens is 1. The molecule has 1 heterocycles. The molecule has 4 nitrogen and oxygen atoms in total. The molecule has 1 rings (SSSR count). The summed E-state index contributed by atoms with van der Waals surface area (Å²) in [6.45, 7) is 4.27. The van der Waals surface area contributed by atoms with Crippen LogP contribution in [-0.4, -0.2) is 30.7 Å². The summed E-state index contributed by atoms with van der Waals surface area (Å²) < 4.78 is 4.93. The van der Waals surface area contributed by atoms with Crippen LogP contribution in [-0.2, 0) is 9.53 Å². The van der Waals surface area contributed by atoms with Gasteiger partial charge in [0.1, 0.15) is 5.16 Å². The van der Waals surface area contributed by atoms with Gasteiger partial charge in [-0.2, -0.15) is 0 Å². The highest BCUT2D eigenvalue weighted by molar-refractivity contribution is 6.31. The Morgan fingerprint density at radius 1 is 1.56 bits per heavy atom. The first-order valence-corrected chi connectivity index (χ1v) is 6.05. The molecular weight excluding hydrogens is 228 g/mol. The Morgan fingerprint density at radius 2 is 2.25 bits per heavy atom. The van der Waals surface area contributed by atoms with E-state index < -0.39 is 0 Å². The number of rotatable bonds is 5. The third-order valence-corrected chi connectivity index (χ3v) is 3.06. The van der Waals surface area contributed by atoms with E-state index in [2.05, 4.69) is 12.2 Å². The van der Waals surface area contributed by atoms with E-state index in [0.717, 1.165) is 19.3 Å². The van der Waals surface area contributed by atoms with Crippen molar-refractivity contribution in [1.82, 2.24) is 10.2 Å². The van der Waals surface area contributed by atoms with Gasteiger partial charge in [0.2, 0.25) is 0 Å². The molecule has 0 spiro atoms. The van der Waals surface area contributed by atoms with Gasteiger partial charge in [-0.15, -0.1) is 0 Å². The van der Waals surface area contributed by atoms with Crippen LogP contribution in [0.15, 0.2) is 10.9 Å². The van der Waals surface area contributed by atoms with E-state index in [1.807, 2.05) is 11.9 Å². The third-order valence-electron chi connectivity index (χ3n) is 2.61. The molecule has 0 amide bonds. The summed E-state index contributed by atoms with van der Waals surface area (Å²) in [6.07, 6.45) is 3.29. The van der Waals surface area contributed by atoms with Crippen LogP contribution in [0.3, 0.4) is 0 Å². The monoisotopic (exact) mass is 246 g/mol. The molecule has 1 atom stereocenters. The number of hydrogen-bond donors (Lipinski definition) is 1. The molecule has 1 N–H and O–H groups in total. The number of nitrogens with one attached hydrogen (secondary N) is 1. The Labute approximate surface area is 102 Å². The molecule has 0 fully saturated rings. The molecule has 5 heteroatoms. The first-order valence-electron chi connectivity index (χ1n) is 5.68. The summed E-state index contributed by atoms with van der Waals surface area (Å²) in [6, 6.07) is 0. The standard InChI is InChI=1S/C11H19ClN2O2/c1-4-6-7-8-13-9(10(12)14(8)3)11(15)16-5-2/h8,13H,4-7H2,1-3H3.